The Labute approximate surface area is 92.4 Å². The molecule has 0 atom stereocenters. The Morgan fingerprint density at radius 1 is 1.53 bits per heavy atom. The van der Waals surface area contributed by atoms with Crippen LogP contribution in [0.1, 0.15) is 15.9 Å². The minimum Gasteiger partial charge on any atom is -0.478 e. The van der Waals surface area contributed by atoms with Crippen LogP contribution in [-0.4, -0.2) is 29.5 Å². The highest BCUT2D eigenvalue weighted by molar-refractivity contribution is 8.00. The summed E-state index contributed by atoms with van der Waals surface area (Å²) in [6, 6.07) is 5.45. The first kappa shape index (κ1) is 10.5. The number of carbonyl (C=O) groups is 1. The molecule has 1 aliphatic rings. The molecule has 0 radical (unpaired) electrons. The summed E-state index contributed by atoms with van der Waals surface area (Å²) in [5, 5.41) is 9.40. The number of ether oxygens (including phenoxy) is 1. The quantitative estimate of drug-likeness (QED) is 0.854. The van der Waals surface area contributed by atoms with Crippen LogP contribution in [0.4, 0.5) is 0 Å². The van der Waals surface area contributed by atoms with Gasteiger partial charge in [-0.1, -0.05) is 0 Å². The van der Waals surface area contributed by atoms with Crippen molar-refractivity contribution in [2.24, 2.45) is 0 Å². The molecule has 1 aliphatic heterocycles. The van der Waals surface area contributed by atoms with E-state index in [2.05, 4.69) is 0 Å². The van der Waals surface area contributed by atoms with E-state index in [1.54, 1.807) is 17.8 Å². The van der Waals surface area contributed by atoms with Gasteiger partial charge in [-0.05, 0) is 30.7 Å². The van der Waals surface area contributed by atoms with Crippen molar-refractivity contribution in [3.8, 4) is 0 Å². The topological polar surface area (TPSA) is 46.5 Å². The minimum absolute atomic E-state index is 0.379. The smallest absolute Gasteiger partial charge is 0.335 e. The summed E-state index contributed by atoms with van der Waals surface area (Å²) < 4.78 is 5.08. The minimum atomic E-state index is -0.865. The Balaban J connectivity index is 2.13. The van der Waals surface area contributed by atoms with Crippen LogP contribution in [0.3, 0.4) is 0 Å². The number of aryl methyl sites for hydroxylation is 1. The summed E-state index contributed by atoms with van der Waals surface area (Å²) in [6.07, 6.45) is 0. The van der Waals surface area contributed by atoms with Crippen molar-refractivity contribution in [3.05, 3.63) is 29.3 Å². The van der Waals surface area contributed by atoms with Crippen LogP contribution in [0.25, 0.3) is 0 Å². The molecule has 1 aromatic rings. The van der Waals surface area contributed by atoms with E-state index < -0.39 is 5.97 Å². The maximum atomic E-state index is 10.8. The van der Waals surface area contributed by atoms with Gasteiger partial charge >= 0.3 is 5.97 Å². The van der Waals surface area contributed by atoms with Crippen molar-refractivity contribution in [3.63, 3.8) is 0 Å². The van der Waals surface area contributed by atoms with Gasteiger partial charge in [0.15, 0.2) is 0 Å². The zero-order valence-electron chi connectivity index (χ0n) is 8.40. The molecule has 15 heavy (non-hydrogen) atoms. The van der Waals surface area contributed by atoms with E-state index in [1.165, 1.54) is 0 Å². The lowest BCUT2D eigenvalue weighted by molar-refractivity contribution is 0.0455. The normalized spacial score (nSPS) is 16.1. The van der Waals surface area contributed by atoms with E-state index in [9.17, 15) is 4.79 Å². The summed E-state index contributed by atoms with van der Waals surface area (Å²) >= 11 is 1.75. The third-order valence-electron chi connectivity index (χ3n) is 2.34. The lowest BCUT2D eigenvalue weighted by Crippen LogP contribution is -2.30. The van der Waals surface area contributed by atoms with Gasteiger partial charge in [-0.25, -0.2) is 4.79 Å². The average Bonchev–Trinajstić information content (AvgIpc) is 2.11. The van der Waals surface area contributed by atoms with Crippen LogP contribution in [0.15, 0.2) is 23.1 Å². The Morgan fingerprint density at radius 3 is 2.73 bits per heavy atom. The zero-order valence-corrected chi connectivity index (χ0v) is 9.21. The third kappa shape index (κ3) is 2.33. The first-order valence-electron chi connectivity index (χ1n) is 4.75. The Kier molecular flexibility index (Phi) is 2.98. The Hall–Kier alpha value is -1.00. The van der Waals surface area contributed by atoms with Gasteiger partial charge in [0.2, 0.25) is 0 Å². The van der Waals surface area contributed by atoms with E-state index in [0.717, 1.165) is 23.7 Å². The second-order valence-corrected chi connectivity index (χ2v) is 4.93. The molecule has 1 heterocycles. The van der Waals surface area contributed by atoms with Crippen molar-refractivity contribution in [2.75, 3.05) is 13.2 Å². The van der Waals surface area contributed by atoms with Crippen molar-refractivity contribution in [1.82, 2.24) is 0 Å². The molecule has 0 amide bonds. The van der Waals surface area contributed by atoms with Crippen molar-refractivity contribution in [2.45, 2.75) is 17.1 Å². The lowest BCUT2D eigenvalue weighted by Gasteiger charge is -2.25. The molecule has 1 saturated heterocycles. The summed E-state index contributed by atoms with van der Waals surface area (Å²) in [6.45, 7) is 3.42. The second kappa shape index (κ2) is 4.24. The van der Waals surface area contributed by atoms with Gasteiger partial charge in [-0.2, -0.15) is 0 Å². The molecule has 4 heteroatoms. The molecular weight excluding hydrogens is 212 g/mol. The molecule has 0 bridgehead atoms. The highest BCUT2D eigenvalue weighted by Gasteiger charge is 2.19. The van der Waals surface area contributed by atoms with Crippen LogP contribution >= 0.6 is 11.8 Å². The molecule has 80 valence electrons. The van der Waals surface area contributed by atoms with Crippen molar-refractivity contribution >= 4 is 17.7 Å². The zero-order chi connectivity index (χ0) is 10.8. The van der Waals surface area contributed by atoms with E-state index in [1.807, 2.05) is 19.1 Å². The number of benzene rings is 1. The van der Waals surface area contributed by atoms with Gasteiger partial charge in [-0.3, -0.25) is 0 Å². The molecule has 0 saturated carbocycles. The maximum Gasteiger partial charge on any atom is 0.335 e. The number of aromatic carboxylic acids is 1. The SMILES string of the molecule is Cc1cc(SC2COC2)ccc1C(=O)O. The fraction of sp³-hybridized carbons (Fsp3) is 0.364. The fourth-order valence-electron chi connectivity index (χ4n) is 1.42. The second-order valence-electron chi connectivity index (χ2n) is 3.56. The summed E-state index contributed by atoms with van der Waals surface area (Å²) in [7, 11) is 0. The van der Waals surface area contributed by atoms with E-state index in [0.29, 0.717) is 10.8 Å². The number of thioether (sulfide) groups is 1. The van der Waals surface area contributed by atoms with Crippen molar-refractivity contribution in [1.29, 1.82) is 0 Å². The van der Waals surface area contributed by atoms with Crippen LogP contribution in [0.2, 0.25) is 0 Å². The molecule has 1 fully saturated rings. The molecular formula is C11H12O3S. The van der Waals surface area contributed by atoms with Crippen LogP contribution in [0, 0.1) is 6.92 Å². The first-order valence-corrected chi connectivity index (χ1v) is 5.63. The number of hydrogen-bond acceptors (Lipinski definition) is 3. The van der Waals surface area contributed by atoms with Crippen LogP contribution < -0.4 is 0 Å². The van der Waals surface area contributed by atoms with Gasteiger partial charge in [0.05, 0.1) is 24.0 Å². The molecule has 0 aliphatic carbocycles. The summed E-state index contributed by atoms with van der Waals surface area (Å²) in [5.74, 6) is -0.865. The van der Waals surface area contributed by atoms with Crippen LogP contribution in [0.5, 0.6) is 0 Å². The predicted octanol–water partition coefficient (Wildman–Crippen LogP) is 2.18. The Morgan fingerprint density at radius 2 is 2.27 bits per heavy atom. The lowest BCUT2D eigenvalue weighted by atomic mass is 10.1. The average molecular weight is 224 g/mol. The summed E-state index contributed by atoms with van der Waals surface area (Å²) in [4.78, 5) is 11.9. The van der Waals surface area contributed by atoms with E-state index in [4.69, 9.17) is 9.84 Å². The van der Waals surface area contributed by atoms with Crippen LogP contribution in [-0.2, 0) is 4.74 Å². The van der Waals surface area contributed by atoms with Gasteiger partial charge in [0.1, 0.15) is 0 Å². The fourth-order valence-corrected chi connectivity index (χ4v) is 2.53. The largest absolute Gasteiger partial charge is 0.478 e. The number of carboxylic acid groups (broad SMARTS) is 1. The highest BCUT2D eigenvalue weighted by Crippen LogP contribution is 2.29. The first-order chi connectivity index (χ1) is 7.16. The molecule has 2 rings (SSSR count). The van der Waals surface area contributed by atoms with Crippen molar-refractivity contribution < 1.29 is 14.6 Å². The van der Waals surface area contributed by atoms with Gasteiger partial charge < -0.3 is 9.84 Å². The van der Waals surface area contributed by atoms with E-state index >= 15 is 0 Å². The van der Waals surface area contributed by atoms with Gasteiger partial charge in [0.25, 0.3) is 0 Å². The Bertz CT molecular complexity index is 385. The third-order valence-corrected chi connectivity index (χ3v) is 3.47. The molecule has 0 spiro atoms. The predicted molar refractivity (Wildman–Crippen MR) is 58.6 cm³/mol. The molecule has 0 unspecified atom stereocenters. The summed E-state index contributed by atoms with van der Waals surface area (Å²) in [5.41, 5.74) is 1.19. The van der Waals surface area contributed by atoms with Gasteiger partial charge in [0, 0.05) is 4.90 Å². The monoisotopic (exact) mass is 224 g/mol. The van der Waals surface area contributed by atoms with E-state index in [-0.39, 0.29) is 0 Å². The number of rotatable bonds is 3. The molecule has 1 N–H and O–H groups in total. The number of carboxylic acids is 1. The maximum absolute atomic E-state index is 10.8. The standard InChI is InChI=1S/C11H12O3S/c1-7-4-8(15-9-5-14-6-9)2-3-10(7)11(12)13/h2-4,9H,5-6H2,1H3,(H,12,13). The molecule has 0 aromatic heterocycles. The number of hydrogen-bond donors (Lipinski definition) is 1. The molecule has 3 nitrogen and oxygen atoms in total. The highest BCUT2D eigenvalue weighted by atomic mass is 32.2. The molecule has 1 aromatic carbocycles. The van der Waals surface area contributed by atoms with Gasteiger partial charge in [-0.15, -0.1) is 11.8 Å².